The summed E-state index contributed by atoms with van der Waals surface area (Å²) in [6.07, 6.45) is 2.81. The summed E-state index contributed by atoms with van der Waals surface area (Å²) >= 11 is 5.79. The average molecular weight is 301 g/mol. The zero-order valence-electron chi connectivity index (χ0n) is 10.4. The first-order chi connectivity index (χ1) is 8.92. The lowest BCUT2D eigenvalue weighted by molar-refractivity contribution is -0.115. The third-order valence-electron chi connectivity index (χ3n) is 2.13. The van der Waals surface area contributed by atoms with Gasteiger partial charge in [-0.2, -0.15) is 0 Å². The van der Waals surface area contributed by atoms with Crippen LogP contribution in [-0.2, 0) is 14.8 Å². The number of carbonyl (C=O) groups excluding carboxylic acids is 1. The smallest absolute Gasteiger partial charge is 0.266 e. The van der Waals surface area contributed by atoms with Crippen molar-refractivity contribution in [2.75, 3.05) is 0 Å². The van der Waals surface area contributed by atoms with E-state index in [9.17, 15) is 13.2 Å². The van der Waals surface area contributed by atoms with E-state index in [0.29, 0.717) is 0 Å². The number of benzene rings is 1. The number of rotatable bonds is 4. The van der Waals surface area contributed by atoms with E-state index in [1.165, 1.54) is 30.5 Å². The van der Waals surface area contributed by atoms with E-state index in [4.69, 9.17) is 11.6 Å². The molecule has 0 spiro atoms. The third kappa shape index (κ3) is 3.90. The molecule has 1 aromatic carbocycles. The van der Waals surface area contributed by atoms with Crippen molar-refractivity contribution in [1.29, 1.82) is 0 Å². The number of amides is 1. The second kappa shape index (κ2) is 6.49. The van der Waals surface area contributed by atoms with E-state index in [1.54, 1.807) is 19.9 Å². The van der Waals surface area contributed by atoms with Crippen LogP contribution in [0.3, 0.4) is 0 Å². The van der Waals surface area contributed by atoms with Crippen molar-refractivity contribution in [3.63, 3.8) is 0 Å². The highest BCUT2D eigenvalue weighted by Crippen LogP contribution is 2.20. The van der Waals surface area contributed by atoms with Gasteiger partial charge in [-0.25, -0.2) is 13.1 Å². The molecule has 5 nitrogen and oxygen atoms in total. The minimum absolute atomic E-state index is 0.0122. The summed E-state index contributed by atoms with van der Waals surface area (Å²) < 4.78 is 25.9. The number of hydrogen-bond acceptors (Lipinski definition) is 4. The van der Waals surface area contributed by atoms with Crippen LogP contribution >= 0.6 is 11.6 Å². The highest BCUT2D eigenvalue weighted by atomic mass is 35.5. The molecule has 1 amide bonds. The van der Waals surface area contributed by atoms with Crippen LogP contribution < -0.4 is 4.72 Å². The van der Waals surface area contributed by atoms with Crippen molar-refractivity contribution in [2.45, 2.75) is 18.7 Å². The first-order valence-electron chi connectivity index (χ1n) is 5.39. The van der Waals surface area contributed by atoms with Gasteiger partial charge in [-0.15, -0.1) is 0 Å². The van der Waals surface area contributed by atoms with Gasteiger partial charge in [0.25, 0.3) is 15.9 Å². The maximum absolute atomic E-state index is 12.0. The summed E-state index contributed by atoms with van der Waals surface area (Å²) in [6, 6.07) is 5.87. The molecule has 0 aliphatic rings. The van der Waals surface area contributed by atoms with Crippen molar-refractivity contribution in [2.24, 2.45) is 4.99 Å². The Morgan fingerprint density at radius 1 is 1.32 bits per heavy atom. The Bertz CT molecular complexity index is 636. The van der Waals surface area contributed by atoms with Crippen LogP contribution in [0.5, 0.6) is 0 Å². The second-order valence-corrected chi connectivity index (χ2v) is 5.48. The summed E-state index contributed by atoms with van der Waals surface area (Å²) in [4.78, 5) is 15.4. The van der Waals surface area contributed by atoms with Gasteiger partial charge >= 0.3 is 0 Å². The molecule has 19 heavy (non-hydrogen) atoms. The maximum Gasteiger partial charge on any atom is 0.283 e. The molecule has 1 aromatic rings. The monoisotopic (exact) mass is 300 g/mol. The topological polar surface area (TPSA) is 75.6 Å². The van der Waals surface area contributed by atoms with Gasteiger partial charge < -0.3 is 0 Å². The first kappa shape index (κ1) is 15.4. The van der Waals surface area contributed by atoms with Crippen LogP contribution in [0.1, 0.15) is 13.8 Å². The Labute approximate surface area is 117 Å². The van der Waals surface area contributed by atoms with Crippen LogP contribution in [0.25, 0.3) is 0 Å². The van der Waals surface area contributed by atoms with E-state index in [-0.39, 0.29) is 15.6 Å². The molecule has 0 atom stereocenters. The van der Waals surface area contributed by atoms with Crippen LogP contribution in [0.4, 0.5) is 0 Å². The number of nitrogens with one attached hydrogen (secondary N) is 1. The van der Waals surface area contributed by atoms with Gasteiger partial charge in [-0.05, 0) is 26.0 Å². The molecule has 102 valence electrons. The largest absolute Gasteiger partial charge is 0.283 e. The molecule has 0 saturated heterocycles. The minimum atomic E-state index is -4.01. The van der Waals surface area contributed by atoms with Crippen LogP contribution in [-0.4, -0.2) is 20.5 Å². The minimum Gasteiger partial charge on any atom is -0.266 e. The fourth-order valence-corrected chi connectivity index (χ4v) is 2.78. The van der Waals surface area contributed by atoms with Gasteiger partial charge in [0.15, 0.2) is 0 Å². The summed E-state index contributed by atoms with van der Waals surface area (Å²) in [6.45, 7) is 3.21. The number of nitrogens with zero attached hydrogens (tertiary/aromatic N) is 1. The lowest BCUT2D eigenvalue weighted by Gasteiger charge is -2.08. The van der Waals surface area contributed by atoms with Gasteiger partial charge in [-0.3, -0.25) is 9.79 Å². The number of hydrogen-bond donors (Lipinski definition) is 1. The maximum atomic E-state index is 12.0. The standard InChI is InChI=1S/C12H13ClN2O3S/c1-3-10(14-4-2)12(16)15-19(17,18)11-8-6-5-7-9(11)13/h3-8H,1-2H3,(H,15,16)/b10-3-,14-4?. The van der Waals surface area contributed by atoms with Crippen molar-refractivity contribution >= 4 is 33.7 Å². The Morgan fingerprint density at radius 2 is 1.95 bits per heavy atom. The molecule has 0 aromatic heterocycles. The van der Waals surface area contributed by atoms with Crippen LogP contribution in [0.2, 0.25) is 5.02 Å². The number of halogens is 1. The second-order valence-electron chi connectivity index (χ2n) is 3.43. The van der Waals surface area contributed by atoms with Crippen molar-refractivity contribution < 1.29 is 13.2 Å². The van der Waals surface area contributed by atoms with Gasteiger partial charge in [0, 0.05) is 6.21 Å². The third-order valence-corrected chi connectivity index (χ3v) is 3.96. The fraction of sp³-hybridized carbons (Fsp3) is 0.167. The molecule has 7 heteroatoms. The van der Waals surface area contributed by atoms with Crippen LogP contribution in [0.15, 0.2) is 45.9 Å². The molecule has 0 aliphatic carbocycles. The molecule has 0 unspecified atom stereocenters. The zero-order valence-corrected chi connectivity index (χ0v) is 12.0. The van der Waals surface area contributed by atoms with Gasteiger partial charge in [0.05, 0.1) is 5.02 Å². The molecule has 0 heterocycles. The Hall–Kier alpha value is -1.66. The average Bonchev–Trinajstić information content (AvgIpc) is 2.35. The van der Waals surface area contributed by atoms with Crippen molar-refractivity contribution in [3.05, 3.63) is 41.1 Å². The van der Waals surface area contributed by atoms with Gasteiger partial charge in [0.2, 0.25) is 0 Å². The summed E-state index contributed by atoms with van der Waals surface area (Å²) in [7, 11) is -4.01. The number of aliphatic imine (C=N–C) groups is 1. The van der Waals surface area contributed by atoms with Gasteiger partial charge in [0.1, 0.15) is 10.6 Å². The van der Waals surface area contributed by atoms with E-state index < -0.39 is 15.9 Å². The van der Waals surface area contributed by atoms with E-state index in [2.05, 4.69) is 4.99 Å². The Morgan fingerprint density at radius 3 is 2.47 bits per heavy atom. The van der Waals surface area contributed by atoms with E-state index in [0.717, 1.165) is 0 Å². The van der Waals surface area contributed by atoms with Crippen LogP contribution in [0, 0.1) is 0 Å². The quantitative estimate of drug-likeness (QED) is 0.684. The summed E-state index contributed by atoms with van der Waals surface area (Å²) in [5.41, 5.74) is 0.0122. The molecule has 1 rings (SSSR count). The number of allylic oxidation sites excluding steroid dienone is 1. The van der Waals surface area contributed by atoms with Gasteiger partial charge in [-0.1, -0.05) is 29.8 Å². The SMILES string of the molecule is CC=N/C(=C\C)C(=O)NS(=O)(=O)c1ccccc1Cl. The van der Waals surface area contributed by atoms with E-state index in [1.807, 2.05) is 4.72 Å². The summed E-state index contributed by atoms with van der Waals surface area (Å²) in [5.74, 6) is -0.805. The lowest BCUT2D eigenvalue weighted by Crippen LogP contribution is -2.31. The lowest BCUT2D eigenvalue weighted by atomic mass is 10.4. The Kier molecular flexibility index (Phi) is 5.26. The molecular formula is C12H13ClN2O3S. The predicted molar refractivity (Wildman–Crippen MR) is 74.7 cm³/mol. The molecule has 0 fully saturated rings. The Balaban J connectivity index is 3.05. The highest BCUT2D eigenvalue weighted by Gasteiger charge is 2.21. The number of carbonyl (C=O) groups is 1. The molecule has 0 bridgehead atoms. The first-order valence-corrected chi connectivity index (χ1v) is 7.25. The molecule has 0 radical (unpaired) electrons. The normalized spacial score (nSPS) is 12.7. The van der Waals surface area contributed by atoms with Crippen molar-refractivity contribution in [3.8, 4) is 0 Å². The summed E-state index contributed by atoms with van der Waals surface area (Å²) in [5, 5.41) is 0.0452. The number of sulfonamides is 1. The molecular weight excluding hydrogens is 288 g/mol. The molecule has 0 aliphatic heterocycles. The highest BCUT2D eigenvalue weighted by molar-refractivity contribution is 7.90. The van der Waals surface area contributed by atoms with Crippen molar-refractivity contribution in [1.82, 2.24) is 4.72 Å². The predicted octanol–water partition coefficient (Wildman–Crippen LogP) is 2.14. The fourth-order valence-electron chi connectivity index (χ4n) is 1.30. The van der Waals surface area contributed by atoms with E-state index >= 15 is 0 Å². The zero-order chi connectivity index (χ0) is 14.5. The molecule has 1 N–H and O–H groups in total. The molecule has 0 saturated carbocycles.